The number of aryl methyl sites for hydroxylation is 1. The summed E-state index contributed by atoms with van der Waals surface area (Å²) in [5.74, 6) is 0.348. The van der Waals surface area contributed by atoms with Gasteiger partial charge in [0.1, 0.15) is 5.75 Å². The third-order valence-corrected chi connectivity index (χ3v) is 4.75. The van der Waals surface area contributed by atoms with Crippen molar-refractivity contribution in [2.45, 2.75) is 12.8 Å². The molecule has 2 aromatic carbocycles. The van der Waals surface area contributed by atoms with Gasteiger partial charge in [0, 0.05) is 13.5 Å². The summed E-state index contributed by atoms with van der Waals surface area (Å²) < 4.78 is 6.03. The fourth-order valence-electron chi connectivity index (χ4n) is 2.36. The first kappa shape index (κ1) is 20.3. The number of ether oxygens (including phenoxy) is 1. The molecule has 0 aliphatic carbocycles. The molecule has 2 aromatic rings. The lowest BCUT2D eigenvalue weighted by molar-refractivity contribution is -0.133. The van der Waals surface area contributed by atoms with Crippen LogP contribution < -0.4 is 10.1 Å². The van der Waals surface area contributed by atoms with Crippen molar-refractivity contribution in [3.63, 3.8) is 0 Å². The molecular formula is C19H20BrClN2O3. The number of hydrogen-bond acceptors (Lipinski definition) is 3. The van der Waals surface area contributed by atoms with Gasteiger partial charge in [-0.2, -0.15) is 0 Å². The molecule has 0 aliphatic rings. The molecule has 0 saturated heterocycles. The Morgan fingerprint density at radius 2 is 1.96 bits per heavy atom. The Hall–Kier alpha value is -2.05. The fraction of sp³-hybridized carbons (Fsp3) is 0.263. The molecule has 5 nitrogen and oxygen atoms in total. The van der Waals surface area contributed by atoms with Crippen LogP contribution in [0.3, 0.4) is 0 Å². The van der Waals surface area contributed by atoms with Crippen molar-refractivity contribution >= 4 is 45.0 Å². The minimum Gasteiger partial charge on any atom is -0.496 e. The second-order valence-corrected chi connectivity index (χ2v) is 7.01. The number of anilines is 1. The highest BCUT2D eigenvalue weighted by molar-refractivity contribution is 9.10. The Labute approximate surface area is 166 Å². The van der Waals surface area contributed by atoms with Gasteiger partial charge in [0.15, 0.2) is 0 Å². The monoisotopic (exact) mass is 438 g/mol. The smallest absolute Gasteiger partial charge is 0.244 e. The topological polar surface area (TPSA) is 58.6 Å². The number of para-hydroxylation sites is 1. The van der Waals surface area contributed by atoms with E-state index < -0.39 is 0 Å². The van der Waals surface area contributed by atoms with E-state index >= 15 is 0 Å². The first-order valence-corrected chi connectivity index (χ1v) is 9.18. The molecule has 0 heterocycles. The molecule has 0 aromatic heterocycles. The molecule has 0 spiro atoms. The molecule has 2 rings (SSSR count). The van der Waals surface area contributed by atoms with Crippen LogP contribution in [0.1, 0.15) is 12.0 Å². The van der Waals surface area contributed by atoms with Crippen LogP contribution in [0.15, 0.2) is 46.9 Å². The molecule has 2 amide bonds. The molecule has 0 bridgehead atoms. The molecule has 7 heteroatoms. The summed E-state index contributed by atoms with van der Waals surface area (Å²) in [5.41, 5.74) is 1.54. The minimum absolute atomic E-state index is 0.0314. The predicted octanol–water partition coefficient (Wildman–Crippen LogP) is 4.14. The van der Waals surface area contributed by atoms with Gasteiger partial charge in [-0.25, -0.2) is 0 Å². The van der Waals surface area contributed by atoms with Gasteiger partial charge in [-0.05, 0) is 52.2 Å². The lowest BCUT2D eigenvalue weighted by atomic mass is 10.1. The summed E-state index contributed by atoms with van der Waals surface area (Å²) in [6.07, 6.45) is 0.895. The van der Waals surface area contributed by atoms with E-state index in [1.807, 2.05) is 18.2 Å². The largest absolute Gasteiger partial charge is 0.496 e. The quantitative estimate of drug-likeness (QED) is 0.705. The van der Waals surface area contributed by atoms with Crippen molar-refractivity contribution in [3.05, 3.63) is 57.5 Å². The highest BCUT2D eigenvalue weighted by Gasteiger charge is 2.14. The summed E-state index contributed by atoms with van der Waals surface area (Å²) >= 11 is 9.44. The summed E-state index contributed by atoms with van der Waals surface area (Å²) in [6.45, 7) is -0.0314. The van der Waals surface area contributed by atoms with E-state index in [0.29, 0.717) is 23.6 Å². The van der Waals surface area contributed by atoms with Gasteiger partial charge in [-0.15, -0.1) is 0 Å². The second-order valence-electron chi connectivity index (χ2n) is 5.75. The number of hydrogen-bond donors (Lipinski definition) is 1. The maximum atomic E-state index is 12.3. The number of benzene rings is 2. The van der Waals surface area contributed by atoms with E-state index in [9.17, 15) is 9.59 Å². The summed E-state index contributed by atoms with van der Waals surface area (Å²) in [7, 11) is 3.21. The summed E-state index contributed by atoms with van der Waals surface area (Å²) in [4.78, 5) is 25.8. The van der Waals surface area contributed by atoms with Crippen molar-refractivity contribution < 1.29 is 14.3 Å². The van der Waals surface area contributed by atoms with Crippen molar-refractivity contribution in [1.29, 1.82) is 0 Å². The highest BCUT2D eigenvalue weighted by atomic mass is 79.9. The predicted molar refractivity (Wildman–Crippen MR) is 107 cm³/mol. The van der Waals surface area contributed by atoms with E-state index in [-0.39, 0.29) is 18.4 Å². The number of halogens is 2. The van der Waals surface area contributed by atoms with E-state index in [1.165, 1.54) is 4.90 Å². The Morgan fingerprint density at radius 1 is 1.23 bits per heavy atom. The Balaban J connectivity index is 1.84. The van der Waals surface area contributed by atoms with Crippen molar-refractivity contribution in [1.82, 2.24) is 4.90 Å². The normalized spacial score (nSPS) is 10.3. The van der Waals surface area contributed by atoms with E-state index in [2.05, 4.69) is 21.2 Å². The fourth-order valence-corrected chi connectivity index (χ4v) is 3.13. The van der Waals surface area contributed by atoms with Crippen LogP contribution in [0.5, 0.6) is 5.75 Å². The first-order valence-electron chi connectivity index (χ1n) is 8.01. The van der Waals surface area contributed by atoms with Crippen molar-refractivity contribution in [3.8, 4) is 5.75 Å². The average Bonchev–Trinajstić information content (AvgIpc) is 2.61. The zero-order valence-electron chi connectivity index (χ0n) is 14.6. The van der Waals surface area contributed by atoms with Crippen molar-refractivity contribution in [2.24, 2.45) is 0 Å². The Kier molecular flexibility index (Phi) is 7.48. The van der Waals surface area contributed by atoms with E-state index in [1.54, 1.807) is 38.4 Å². The summed E-state index contributed by atoms with van der Waals surface area (Å²) in [5, 5.41) is 3.16. The number of amides is 2. The SMILES string of the molecule is COc1ccc(CCC(=O)N(C)CC(=O)Nc2ccccc2Cl)cc1Br. The molecule has 0 unspecified atom stereocenters. The van der Waals surface area contributed by atoms with E-state index in [0.717, 1.165) is 15.8 Å². The van der Waals surface area contributed by atoms with Crippen LogP contribution >= 0.6 is 27.5 Å². The molecule has 0 aliphatic heterocycles. The van der Waals surface area contributed by atoms with Gasteiger partial charge in [0.2, 0.25) is 11.8 Å². The van der Waals surface area contributed by atoms with Gasteiger partial charge in [0.25, 0.3) is 0 Å². The lowest BCUT2D eigenvalue weighted by Gasteiger charge is -2.17. The van der Waals surface area contributed by atoms with Gasteiger partial charge >= 0.3 is 0 Å². The molecule has 0 saturated carbocycles. The molecular weight excluding hydrogens is 420 g/mol. The standard InChI is InChI=1S/C19H20BrClN2O3/c1-23(12-18(24)22-16-6-4-3-5-15(16)21)19(25)10-8-13-7-9-17(26-2)14(20)11-13/h3-7,9,11H,8,10,12H2,1-2H3,(H,22,24). The number of nitrogens with one attached hydrogen (secondary N) is 1. The lowest BCUT2D eigenvalue weighted by Crippen LogP contribution is -2.35. The Morgan fingerprint density at radius 3 is 2.62 bits per heavy atom. The average molecular weight is 440 g/mol. The molecule has 0 fully saturated rings. The van der Waals surface area contributed by atoms with Crippen LogP contribution in [0.25, 0.3) is 0 Å². The summed E-state index contributed by atoms with van der Waals surface area (Å²) in [6, 6.07) is 12.7. The number of carbonyl (C=O) groups excluding carboxylic acids is 2. The van der Waals surface area contributed by atoms with Gasteiger partial charge in [-0.3, -0.25) is 9.59 Å². The zero-order valence-corrected chi connectivity index (χ0v) is 16.9. The van der Waals surface area contributed by atoms with Gasteiger partial charge in [0.05, 0.1) is 28.8 Å². The van der Waals surface area contributed by atoms with Crippen molar-refractivity contribution in [2.75, 3.05) is 26.0 Å². The molecule has 26 heavy (non-hydrogen) atoms. The van der Waals surface area contributed by atoms with Crippen LogP contribution in [-0.2, 0) is 16.0 Å². The molecule has 0 radical (unpaired) electrons. The van der Waals surface area contributed by atoms with Crippen LogP contribution in [0, 0.1) is 0 Å². The second kappa shape index (κ2) is 9.59. The maximum Gasteiger partial charge on any atom is 0.244 e. The van der Waals surface area contributed by atoms with Crippen LogP contribution in [0.4, 0.5) is 5.69 Å². The van der Waals surface area contributed by atoms with E-state index in [4.69, 9.17) is 16.3 Å². The molecule has 0 atom stereocenters. The molecule has 138 valence electrons. The maximum absolute atomic E-state index is 12.3. The van der Waals surface area contributed by atoms with Crippen LogP contribution in [0.2, 0.25) is 5.02 Å². The number of methoxy groups -OCH3 is 1. The minimum atomic E-state index is -0.291. The number of rotatable bonds is 7. The highest BCUT2D eigenvalue weighted by Crippen LogP contribution is 2.26. The number of carbonyl (C=O) groups is 2. The number of nitrogens with zero attached hydrogens (tertiary/aromatic N) is 1. The number of likely N-dealkylation sites (N-methyl/N-ethyl adjacent to an activating group) is 1. The third kappa shape index (κ3) is 5.75. The van der Waals surface area contributed by atoms with Gasteiger partial charge < -0.3 is 15.0 Å². The zero-order chi connectivity index (χ0) is 19.1. The van der Waals surface area contributed by atoms with Gasteiger partial charge in [-0.1, -0.05) is 29.8 Å². The van der Waals surface area contributed by atoms with Crippen LogP contribution in [-0.4, -0.2) is 37.4 Å². The molecule has 1 N–H and O–H groups in total. The Bertz CT molecular complexity index is 798. The first-order chi connectivity index (χ1) is 12.4. The third-order valence-electron chi connectivity index (χ3n) is 3.80.